The Morgan fingerprint density at radius 1 is 1.42 bits per heavy atom. The van der Waals surface area contributed by atoms with Gasteiger partial charge < -0.3 is 5.11 Å². The van der Waals surface area contributed by atoms with Crippen molar-refractivity contribution in [3.8, 4) is 5.75 Å². The van der Waals surface area contributed by atoms with Gasteiger partial charge in [0.15, 0.2) is 5.75 Å². The Labute approximate surface area is 71.5 Å². The first-order valence-corrected chi connectivity index (χ1v) is 3.98. The SMILES string of the molecule is CCc1ccc(O)c(=O)c(C)c1. The lowest BCUT2D eigenvalue weighted by atomic mass is 10.2. The van der Waals surface area contributed by atoms with Crippen LogP contribution in [0.1, 0.15) is 18.1 Å². The van der Waals surface area contributed by atoms with E-state index in [-0.39, 0.29) is 11.2 Å². The molecule has 0 amide bonds. The second kappa shape index (κ2) is 3.39. The van der Waals surface area contributed by atoms with Gasteiger partial charge in [-0.2, -0.15) is 0 Å². The highest BCUT2D eigenvalue weighted by Gasteiger charge is 1.98. The molecule has 0 spiro atoms. The summed E-state index contributed by atoms with van der Waals surface area (Å²) in [6.07, 6.45) is 0.869. The summed E-state index contributed by atoms with van der Waals surface area (Å²) in [5.74, 6) is -0.174. The van der Waals surface area contributed by atoms with Crippen molar-refractivity contribution in [2.75, 3.05) is 0 Å². The van der Waals surface area contributed by atoms with Crippen LogP contribution >= 0.6 is 0 Å². The van der Waals surface area contributed by atoms with Crippen molar-refractivity contribution < 1.29 is 5.11 Å². The third-order valence-electron chi connectivity index (χ3n) is 1.86. The molecule has 0 unspecified atom stereocenters. The van der Waals surface area contributed by atoms with E-state index in [0.29, 0.717) is 5.56 Å². The Bertz CT molecular complexity index is 342. The van der Waals surface area contributed by atoms with Crippen LogP contribution in [0.2, 0.25) is 0 Å². The highest BCUT2D eigenvalue weighted by Crippen LogP contribution is 2.05. The molecule has 0 aliphatic carbocycles. The van der Waals surface area contributed by atoms with E-state index in [4.69, 9.17) is 5.11 Å². The van der Waals surface area contributed by atoms with Crippen LogP contribution in [0.15, 0.2) is 23.0 Å². The minimum Gasteiger partial charge on any atom is -0.504 e. The third kappa shape index (κ3) is 1.64. The first kappa shape index (κ1) is 8.78. The summed E-state index contributed by atoms with van der Waals surface area (Å²) < 4.78 is 0. The zero-order valence-electron chi connectivity index (χ0n) is 7.29. The number of rotatable bonds is 1. The summed E-state index contributed by atoms with van der Waals surface area (Å²) in [4.78, 5) is 11.2. The van der Waals surface area contributed by atoms with Crippen molar-refractivity contribution in [1.82, 2.24) is 0 Å². The molecule has 0 saturated carbocycles. The molecule has 1 aromatic carbocycles. The minimum atomic E-state index is -0.283. The maximum absolute atomic E-state index is 11.2. The van der Waals surface area contributed by atoms with E-state index in [1.807, 2.05) is 13.0 Å². The van der Waals surface area contributed by atoms with Crippen LogP contribution in [0.5, 0.6) is 5.75 Å². The molecule has 0 saturated heterocycles. The van der Waals surface area contributed by atoms with Gasteiger partial charge in [-0.3, -0.25) is 4.79 Å². The summed E-state index contributed by atoms with van der Waals surface area (Å²) in [5.41, 5.74) is 1.37. The highest BCUT2D eigenvalue weighted by molar-refractivity contribution is 5.29. The lowest BCUT2D eigenvalue weighted by Gasteiger charge is -1.87. The topological polar surface area (TPSA) is 37.3 Å². The number of aromatic hydroxyl groups is 1. The second-order valence-corrected chi connectivity index (χ2v) is 2.80. The fraction of sp³-hybridized carbons (Fsp3) is 0.300. The van der Waals surface area contributed by atoms with Crippen LogP contribution in [-0.2, 0) is 6.42 Å². The molecule has 1 aromatic rings. The zero-order chi connectivity index (χ0) is 9.14. The monoisotopic (exact) mass is 164 g/mol. The van der Waals surface area contributed by atoms with E-state index in [0.717, 1.165) is 12.0 Å². The summed E-state index contributed by atoms with van der Waals surface area (Å²) in [7, 11) is 0. The summed E-state index contributed by atoms with van der Waals surface area (Å²) >= 11 is 0. The maximum atomic E-state index is 11.2. The molecular weight excluding hydrogens is 152 g/mol. The molecule has 0 aliphatic rings. The number of hydrogen-bond donors (Lipinski definition) is 1. The van der Waals surface area contributed by atoms with Crippen LogP contribution in [-0.4, -0.2) is 5.11 Å². The fourth-order valence-corrected chi connectivity index (χ4v) is 1.08. The molecule has 0 aliphatic heterocycles. The van der Waals surface area contributed by atoms with Gasteiger partial charge in [0.05, 0.1) is 0 Å². The van der Waals surface area contributed by atoms with Gasteiger partial charge in [0.25, 0.3) is 0 Å². The first-order valence-electron chi connectivity index (χ1n) is 3.98. The predicted molar refractivity (Wildman–Crippen MR) is 48.5 cm³/mol. The van der Waals surface area contributed by atoms with Crippen molar-refractivity contribution in [1.29, 1.82) is 0 Å². The van der Waals surface area contributed by atoms with Crippen LogP contribution in [0, 0.1) is 6.92 Å². The molecule has 0 heterocycles. The molecular formula is C10H12O2. The molecule has 0 aromatic heterocycles. The van der Waals surface area contributed by atoms with E-state index in [9.17, 15) is 4.79 Å². The average molecular weight is 164 g/mol. The third-order valence-corrected chi connectivity index (χ3v) is 1.86. The summed E-state index contributed by atoms with van der Waals surface area (Å²) in [6, 6.07) is 5.03. The molecule has 1 rings (SSSR count). The molecule has 2 nitrogen and oxygen atoms in total. The Kier molecular flexibility index (Phi) is 2.48. The van der Waals surface area contributed by atoms with E-state index < -0.39 is 0 Å². The van der Waals surface area contributed by atoms with Crippen LogP contribution in [0.4, 0.5) is 0 Å². The normalized spacial score (nSPS) is 9.83. The van der Waals surface area contributed by atoms with Crippen LogP contribution < -0.4 is 5.43 Å². The maximum Gasteiger partial charge on any atom is 0.222 e. The van der Waals surface area contributed by atoms with Crippen molar-refractivity contribution >= 4 is 0 Å². The van der Waals surface area contributed by atoms with Gasteiger partial charge in [0.2, 0.25) is 5.43 Å². The molecule has 64 valence electrons. The molecule has 0 radical (unpaired) electrons. The van der Waals surface area contributed by atoms with Gasteiger partial charge in [-0.05, 0) is 25.0 Å². The molecule has 0 bridgehead atoms. The van der Waals surface area contributed by atoms with Crippen molar-refractivity contribution in [3.05, 3.63) is 39.5 Å². The second-order valence-electron chi connectivity index (χ2n) is 2.80. The van der Waals surface area contributed by atoms with E-state index >= 15 is 0 Å². The van der Waals surface area contributed by atoms with Gasteiger partial charge >= 0.3 is 0 Å². The lowest BCUT2D eigenvalue weighted by molar-refractivity contribution is 0.470. The quantitative estimate of drug-likeness (QED) is 0.684. The predicted octanol–water partition coefficient (Wildman–Crippen LogP) is 1.62. The van der Waals surface area contributed by atoms with Gasteiger partial charge in [0, 0.05) is 5.56 Å². The Hall–Kier alpha value is -1.31. The number of aryl methyl sites for hydroxylation is 2. The number of hydrogen-bond acceptors (Lipinski definition) is 2. The van der Waals surface area contributed by atoms with E-state index in [1.54, 1.807) is 13.0 Å². The highest BCUT2D eigenvalue weighted by atomic mass is 16.3. The first-order chi connectivity index (χ1) is 5.65. The summed E-state index contributed by atoms with van der Waals surface area (Å²) in [6.45, 7) is 3.72. The smallest absolute Gasteiger partial charge is 0.222 e. The van der Waals surface area contributed by atoms with Crippen LogP contribution in [0.3, 0.4) is 0 Å². The van der Waals surface area contributed by atoms with Crippen molar-refractivity contribution in [2.24, 2.45) is 0 Å². The Morgan fingerprint density at radius 3 is 2.67 bits per heavy atom. The van der Waals surface area contributed by atoms with Gasteiger partial charge in [-0.1, -0.05) is 19.1 Å². The van der Waals surface area contributed by atoms with E-state index in [1.165, 1.54) is 6.07 Å². The molecule has 2 heteroatoms. The standard InChI is InChI=1S/C10H12O2/c1-3-8-4-5-9(11)10(12)7(2)6-8/h4-6H,3H2,1-2H3,(H,11,12). The Morgan fingerprint density at radius 2 is 2.08 bits per heavy atom. The molecule has 1 N–H and O–H groups in total. The fourth-order valence-electron chi connectivity index (χ4n) is 1.08. The van der Waals surface area contributed by atoms with Crippen molar-refractivity contribution in [2.45, 2.75) is 20.3 Å². The molecule has 0 atom stereocenters. The summed E-state index contributed by atoms with van der Waals surface area (Å²) in [5, 5.41) is 9.17. The van der Waals surface area contributed by atoms with Crippen LogP contribution in [0.25, 0.3) is 0 Å². The van der Waals surface area contributed by atoms with Gasteiger partial charge in [-0.25, -0.2) is 0 Å². The van der Waals surface area contributed by atoms with E-state index in [2.05, 4.69) is 0 Å². The molecule has 12 heavy (non-hydrogen) atoms. The van der Waals surface area contributed by atoms with Crippen molar-refractivity contribution in [3.63, 3.8) is 0 Å². The lowest BCUT2D eigenvalue weighted by Crippen LogP contribution is -1.99. The Balaban J connectivity index is 3.44. The molecule has 0 fully saturated rings. The van der Waals surface area contributed by atoms with Gasteiger partial charge in [-0.15, -0.1) is 0 Å². The minimum absolute atomic E-state index is 0.174. The van der Waals surface area contributed by atoms with Gasteiger partial charge in [0.1, 0.15) is 0 Å². The average Bonchev–Trinajstić information content (AvgIpc) is 2.19. The zero-order valence-corrected chi connectivity index (χ0v) is 7.29. The largest absolute Gasteiger partial charge is 0.504 e.